The maximum atomic E-state index is 14.0. The Morgan fingerprint density at radius 1 is 1.03 bits per heavy atom. The molecule has 4 nitrogen and oxygen atoms in total. The van der Waals surface area contributed by atoms with Crippen LogP contribution in [-0.4, -0.2) is 25.0 Å². The Kier molecular flexibility index (Phi) is 6.05. The molecule has 0 radical (unpaired) electrons. The van der Waals surface area contributed by atoms with Gasteiger partial charge in [0.1, 0.15) is 6.61 Å². The maximum absolute atomic E-state index is 14.0. The Balaban J connectivity index is 1.87. The van der Waals surface area contributed by atoms with Gasteiger partial charge < -0.3 is 4.74 Å². The predicted molar refractivity (Wildman–Crippen MR) is 126 cm³/mol. The summed E-state index contributed by atoms with van der Waals surface area (Å²) in [6.45, 7) is 3.92. The Bertz CT molecular complexity index is 1110. The highest BCUT2D eigenvalue weighted by Gasteiger charge is 2.48. The number of nitrogens with zero attached hydrogens (tertiary/aromatic N) is 1. The quantitative estimate of drug-likeness (QED) is 0.428. The van der Waals surface area contributed by atoms with Crippen LogP contribution in [0.2, 0.25) is 0 Å². The normalized spacial score (nSPS) is 17.7. The third-order valence-electron chi connectivity index (χ3n) is 5.59. The molecule has 5 heteroatoms. The van der Waals surface area contributed by atoms with Gasteiger partial charge in [-0.1, -0.05) is 83.2 Å². The van der Waals surface area contributed by atoms with E-state index in [1.54, 1.807) is 17.0 Å². The van der Waals surface area contributed by atoms with Gasteiger partial charge in [-0.15, -0.1) is 0 Å². The van der Waals surface area contributed by atoms with Crippen LogP contribution in [0.3, 0.4) is 0 Å². The molecule has 1 heterocycles. The molecule has 0 aliphatic carbocycles. The molecule has 0 spiro atoms. The van der Waals surface area contributed by atoms with Gasteiger partial charge in [0.2, 0.25) is 0 Å². The lowest BCUT2D eigenvalue weighted by atomic mass is 9.68. The number of halogens is 1. The number of fused-ring (bicyclic) bond motifs is 1. The van der Waals surface area contributed by atoms with Crippen molar-refractivity contribution in [3.8, 4) is 0 Å². The molecular formula is C26H22BrNO3. The van der Waals surface area contributed by atoms with Crippen molar-refractivity contribution in [2.75, 3.05) is 18.1 Å². The Morgan fingerprint density at radius 2 is 1.71 bits per heavy atom. The number of amides is 1. The number of para-hydroxylation sites is 1. The first-order valence-corrected chi connectivity index (χ1v) is 10.8. The molecule has 1 atom stereocenters. The van der Waals surface area contributed by atoms with Crippen molar-refractivity contribution in [1.29, 1.82) is 0 Å². The molecular weight excluding hydrogens is 454 g/mol. The van der Waals surface area contributed by atoms with Crippen molar-refractivity contribution in [2.24, 2.45) is 0 Å². The van der Waals surface area contributed by atoms with Crippen molar-refractivity contribution in [3.05, 3.63) is 113 Å². The van der Waals surface area contributed by atoms with Crippen molar-refractivity contribution in [1.82, 2.24) is 0 Å². The number of ether oxygens (including phenoxy) is 1. The second-order valence-electron chi connectivity index (χ2n) is 7.55. The number of carbonyl (C=O) groups excluding carboxylic acids is 2. The summed E-state index contributed by atoms with van der Waals surface area (Å²) in [7, 11) is 0. The first-order chi connectivity index (χ1) is 15.0. The zero-order valence-corrected chi connectivity index (χ0v) is 18.5. The third kappa shape index (κ3) is 4.06. The third-order valence-corrected chi connectivity index (χ3v) is 6.12. The first-order valence-electron chi connectivity index (χ1n) is 10.0. The molecule has 31 heavy (non-hydrogen) atoms. The number of Topliss-reactive ketones (excluding diaryl/α,β-unsaturated/α-hetero) is 1. The van der Waals surface area contributed by atoms with Crippen LogP contribution in [0.15, 0.2) is 96.0 Å². The maximum Gasteiger partial charge on any atom is 0.414 e. The molecule has 3 aromatic carbocycles. The summed E-state index contributed by atoms with van der Waals surface area (Å²) in [5, 5.41) is 0. The van der Waals surface area contributed by atoms with Gasteiger partial charge in [0, 0.05) is 16.6 Å². The summed E-state index contributed by atoms with van der Waals surface area (Å²) in [4.78, 5) is 28.5. The lowest BCUT2D eigenvalue weighted by Crippen LogP contribution is -2.54. The molecule has 0 saturated heterocycles. The average molecular weight is 476 g/mol. The summed E-state index contributed by atoms with van der Waals surface area (Å²) >= 11 is 3.47. The number of ketones is 1. The molecule has 1 aliphatic heterocycles. The SMILES string of the molecule is C=CCOC(=O)N1C[C@@](Cc2ccc(Br)cc2)(c2ccccc2)C(=O)c2ccccc21. The summed E-state index contributed by atoms with van der Waals surface area (Å²) in [6, 6.07) is 24.8. The van der Waals surface area contributed by atoms with E-state index in [4.69, 9.17) is 4.74 Å². The molecule has 1 aliphatic rings. The minimum Gasteiger partial charge on any atom is -0.445 e. The van der Waals surface area contributed by atoms with E-state index in [1.807, 2.05) is 66.7 Å². The Hall–Kier alpha value is -3.18. The monoisotopic (exact) mass is 475 g/mol. The van der Waals surface area contributed by atoms with E-state index < -0.39 is 11.5 Å². The molecule has 0 unspecified atom stereocenters. The number of benzene rings is 3. The molecule has 0 bridgehead atoms. The van der Waals surface area contributed by atoms with Crippen LogP contribution in [0, 0.1) is 0 Å². The van der Waals surface area contributed by atoms with Crippen molar-refractivity contribution < 1.29 is 14.3 Å². The molecule has 3 aromatic rings. The number of hydrogen-bond donors (Lipinski definition) is 0. The van der Waals surface area contributed by atoms with Gasteiger partial charge in [-0.05, 0) is 41.8 Å². The van der Waals surface area contributed by atoms with Crippen LogP contribution in [0.4, 0.5) is 10.5 Å². The number of hydrogen-bond acceptors (Lipinski definition) is 3. The summed E-state index contributed by atoms with van der Waals surface area (Å²) in [5.74, 6) is 0.00462. The Labute approximate surface area is 190 Å². The predicted octanol–water partition coefficient (Wildman–Crippen LogP) is 5.96. The minimum absolute atomic E-state index is 0.00462. The van der Waals surface area contributed by atoms with Gasteiger partial charge >= 0.3 is 6.09 Å². The van der Waals surface area contributed by atoms with Crippen molar-refractivity contribution in [2.45, 2.75) is 11.8 Å². The van der Waals surface area contributed by atoms with Gasteiger partial charge in [-0.2, -0.15) is 0 Å². The second-order valence-corrected chi connectivity index (χ2v) is 8.47. The van der Waals surface area contributed by atoms with Gasteiger partial charge in [0.15, 0.2) is 5.78 Å². The van der Waals surface area contributed by atoms with Crippen molar-refractivity contribution >= 4 is 33.5 Å². The second kappa shape index (κ2) is 8.90. The van der Waals surface area contributed by atoms with Gasteiger partial charge in [-0.3, -0.25) is 9.69 Å². The van der Waals surface area contributed by atoms with Crippen LogP contribution < -0.4 is 4.90 Å². The zero-order valence-electron chi connectivity index (χ0n) is 17.0. The summed E-state index contributed by atoms with van der Waals surface area (Å²) in [5.41, 5.74) is 2.05. The fraction of sp³-hybridized carbons (Fsp3) is 0.154. The van der Waals surface area contributed by atoms with E-state index in [-0.39, 0.29) is 18.9 Å². The van der Waals surface area contributed by atoms with E-state index >= 15 is 0 Å². The molecule has 4 rings (SSSR count). The molecule has 0 N–H and O–H groups in total. The lowest BCUT2D eigenvalue weighted by molar-refractivity contribution is 0.0873. The smallest absolute Gasteiger partial charge is 0.414 e. The van der Waals surface area contributed by atoms with Crippen LogP contribution >= 0.6 is 15.9 Å². The van der Waals surface area contributed by atoms with E-state index in [9.17, 15) is 9.59 Å². The fourth-order valence-corrected chi connectivity index (χ4v) is 4.39. The average Bonchev–Trinajstić information content (AvgIpc) is 2.81. The van der Waals surface area contributed by atoms with Gasteiger partial charge in [0.25, 0.3) is 0 Å². The Morgan fingerprint density at radius 3 is 2.42 bits per heavy atom. The number of carbonyl (C=O) groups is 2. The van der Waals surface area contributed by atoms with E-state index in [0.29, 0.717) is 17.7 Å². The van der Waals surface area contributed by atoms with Crippen LogP contribution in [0.5, 0.6) is 0 Å². The first kappa shape index (κ1) is 21.1. The highest BCUT2D eigenvalue weighted by molar-refractivity contribution is 9.10. The van der Waals surface area contributed by atoms with Crippen LogP contribution in [0.25, 0.3) is 0 Å². The lowest BCUT2D eigenvalue weighted by Gasteiger charge is -2.42. The number of rotatable bonds is 5. The van der Waals surface area contributed by atoms with Crippen LogP contribution in [0.1, 0.15) is 21.5 Å². The summed E-state index contributed by atoms with van der Waals surface area (Å²) < 4.78 is 6.34. The summed E-state index contributed by atoms with van der Waals surface area (Å²) in [6.07, 6.45) is 1.50. The van der Waals surface area contributed by atoms with E-state index in [1.165, 1.54) is 6.08 Å². The zero-order chi connectivity index (χ0) is 21.8. The largest absolute Gasteiger partial charge is 0.445 e. The standard InChI is InChI=1S/C26H22BrNO3/c1-2-16-31-25(30)28-18-26(20-8-4-3-5-9-20,17-19-12-14-21(27)15-13-19)24(29)22-10-6-7-11-23(22)28/h2-15H,1,16-18H2/t26-/m0/s1. The van der Waals surface area contributed by atoms with Gasteiger partial charge in [0.05, 0.1) is 11.1 Å². The number of anilines is 1. The fourth-order valence-electron chi connectivity index (χ4n) is 4.13. The minimum atomic E-state index is -0.934. The van der Waals surface area contributed by atoms with E-state index in [2.05, 4.69) is 22.5 Å². The molecule has 0 fully saturated rings. The molecule has 1 amide bonds. The van der Waals surface area contributed by atoms with Crippen LogP contribution in [-0.2, 0) is 16.6 Å². The van der Waals surface area contributed by atoms with Crippen molar-refractivity contribution in [3.63, 3.8) is 0 Å². The molecule has 156 valence electrons. The highest BCUT2D eigenvalue weighted by Crippen LogP contribution is 2.41. The highest BCUT2D eigenvalue weighted by atomic mass is 79.9. The molecule has 0 saturated carbocycles. The van der Waals surface area contributed by atoms with E-state index in [0.717, 1.165) is 15.6 Å². The topological polar surface area (TPSA) is 46.6 Å². The molecule has 0 aromatic heterocycles. The van der Waals surface area contributed by atoms with Gasteiger partial charge in [-0.25, -0.2) is 4.79 Å².